The molecule has 0 spiro atoms. The molecule has 0 fully saturated rings. The zero-order chi connectivity index (χ0) is 8.59. The van der Waals surface area contributed by atoms with Crippen LogP contribution in [0.3, 0.4) is 0 Å². The summed E-state index contributed by atoms with van der Waals surface area (Å²) >= 11 is 12.9. The lowest BCUT2D eigenvalue weighted by molar-refractivity contribution is -0.111. The van der Waals surface area contributed by atoms with Gasteiger partial charge >= 0.3 is 0 Å². The molecule has 0 unspecified atom stereocenters. The zero-order valence-electron chi connectivity index (χ0n) is 5.13. The molecule has 0 saturated carbocycles. The third-order valence-corrected chi connectivity index (χ3v) is 5.28. The Kier molecular flexibility index (Phi) is 3.56. The Morgan fingerprint density at radius 3 is 1.64 bits per heavy atom. The molecular weight excluding hydrogens is 408 g/mol. The van der Waals surface area contributed by atoms with Crippen LogP contribution in [0.4, 0.5) is 0 Å². The SMILES string of the molecule is O=C1C(Br)=C(Br)CC(Br)=C1Br. The van der Waals surface area contributed by atoms with E-state index in [-0.39, 0.29) is 5.78 Å². The summed E-state index contributed by atoms with van der Waals surface area (Å²) in [5, 5.41) is 0. The standard InChI is InChI=1S/C6H2Br4O/c7-2-1-3(8)5(10)6(11)4(2)9/h1H2. The average molecular weight is 410 g/mol. The van der Waals surface area contributed by atoms with E-state index in [1.807, 2.05) is 0 Å². The molecule has 11 heavy (non-hydrogen) atoms. The van der Waals surface area contributed by atoms with E-state index in [2.05, 4.69) is 63.7 Å². The van der Waals surface area contributed by atoms with E-state index < -0.39 is 0 Å². The number of rotatable bonds is 0. The predicted molar refractivity (Wildman–Crippen MR) is 59.4 cm³/mol. The summed E-state index contributed by atoms with van der Waals surface area (Å²) in [7, 11) is 0. The second-order valence-electron chi connectivity index (χ2n) is 1.94. The summed E-state index contributed by atoms with van der Waals surface area (Å²) < 4.78 is 2.93. The topological polar surface area (TPSA) is 17.1 Å². The fraction of sp³-hybridized carbons (Fsp3) is 0.167. The molecule has 0 saturated heterocycles. The molecule has 5 heteroatoms. The van der Waals surface area contributed by atoms with Crippen molar-refractivity contribution in [1.82, 2.24) is 0 Å². The average Bonchev–Trinajstić information content (AvgIpc) is 1.97. The van der Waals surface area contributed by atoms with E-state index in [9.17, 15) is 4.79 Å². The van der Waals surface area contributed by atoms with E-state index in [0.29, 0.717) is 15.4 Å². The molecular formula is C6H2Br4O. The van der Waals surface area contributed by atoms with Crippen LogP contribution in [0.15, 0.2) is 17.9 Å². The van der Waals surface area contributed by atoms with Gasteiger partial charge in [-0.25, -0.2) is 0 Å². The summed E-state index contributed by atoms with van der Waals surface area (Å²) in [5.74, 6) is -0.0324. The summed E-state index contributed by atoms with van der Waals surface area (Å²) in [4.78, 5) is 11.3. The second-order valence-corrected chi connectivity index (χ2v) is 5.44. The van der Waals surface area contributed by atoms with Gasteiger partial charge in [-0.15, -0.1) is 0 Å². The molecule has 1 rings (SSSR count). The largest absolute Gasteiger partial charge is 0.287 e. The highest BCUT2D eigenvalue weighted by atomic mass is 79.9. The van der Waals surface area contributed by atoms with Crippen LogP contribution >= 0.6 is 63.7 Å². The number of hydrogen-bond donors (Lipinski definition) is 0. The Bertz CT molecular complexity index is 250. The van der Waals surface area contributed by atoms with Crippen molar-refractivity contribution in [2.75, 3.05) is 0 Å². The molecule has 0 atom stereocenters. The van der Waals surface area contributed by atoms with Crippen molar-refractivity contribution in [3.05, 3.63) is 17.9 Å². The van der Waals surface area contributed by atoms with Gasteiger partial charge in [0.15, 0.2) is 0 Å². The Morgan fingerprint density at radius 1 is 0.909 bits per heavy atom. The number of halogens is 4. The van der Waals surface area contributed by atoms with Crippen molar-refractivity contribution in [2.24, 2.45) is 0 Å². The predicted octanol–water partition coefficient (Wildman–Crippen LogP) is 3.96. The Labute approximate surface area is 97.8 Å². The molecule has 0 aliphatic heterocycles. The first kappa shape index (κ1) is 10.2. The zero-order valence-corrected chi connectivity index (χ0v) is 11.5. The third kappa shape index (κ3) is 2.05. The first-order valence-electron chi connectivity index (χ1n) is 2.67. The molecule has 0 radical (unpaired) electrons. The minimum Gasteiger partial charge on any atom is -0.287 e. The third-order valence-electron chi connectivity index (χ3n) is 1.19. The van der Waals surface area contributed by atoms with Gasteiger partial charge < -0.3 is 0 Å². The normalized spacial score (nSPS) is 19.8. The smallest absolute Gasteiger partial charge is 0.208 e. The lowest BCUT2D eigenvalue weighted by atomic mass is 10.2. The van der Waals surface area contributed by atoms with Gasteiger partial charge in [-0.1, -0.05) is 31.9 Å². The van der Waals surface area contributed by atoms with Gasteiger partial charge in [0.05, 0.1) is 8.96 Å². The number of carbonyl (C=O) groups excluding carboxylic acids is 1. The maximum Gasteiger partial charge on any atom is 0.208 e. The molecule has 0 bridgehead atoms. The van der Waals surface area contributed by atoms with Crippen LogP contribution < -0.4 is 0 Å². The van der Waals surface area contributed by atoms with E-state index in [0.717, 1.165) is 8.96 Å². The number of carbonyl (C=O) groups is 1. The summed E-state index contributed by atoms with van der Waals surface area (Å²) in [5.41, 5.74) is 0. The summed E-state index contributed by atoms with van der Waals surface area (Å²) in [6.07, 6.45) is 0.715. The molecule has 0 aromatic carbocycles. The van der Waals surface area contributed by atoms with Crippen molar-refractivity contribution in [1.29, 1.82) is 0 Å². The van der Waals surface area contributed by atoms with Crippen LogP contribution in [0.1, 0.15) is 6.42 Å². The lowest BCUT2D eigenvalue weighted by Crippen LogP contribution is -2.05. The highest BCUT2D eigenvalue weighted by Crippen LogP contribution is 2.38. The molecule has 1 nitrogen and oxygen atoms in total. The first-order valence-corrected chi connectivity index (χ1v) is 5.84. The molecule has 0 N–H and O–H groups in total. The number of Topliss-reactive ketones (excluding diaryl/α,β-unsaturated/α-hetero) is 1. The van der Waals surface area contributed by atoms with Crippen molar-refractivity contribution in [2.45, 2.75) is 6.42 Å². The number of hydrogen-bond acceptors (Lipinski definition) is 1. The Morgan fingerprint density at radius 2 is 1.27 bits per heavy atom. The molecule has 60 valence electrons. The van der Waals surface area contributed by atoms with Gasteiger partial charge in [0.1, 0.15) is 0 Å². The molecule has 0 aromatic heterocycles. The first-order chi connectivity index (χ1) is 5.04. The summed E-state index contributed by atoms with van der Waals surface area (Å²) in [6.45, 7) is 0. The van der Waals surface area contributed by atoms with Crippen LogP contribution in [-0.2, 0) is 4.79 Å². The Balaban J connectivity index is 3.09. The van der Waals surface area contributed by atoms with Crippen molar-refractivity contribution < 1.29 is 4.79 Å². The van der Waals surface area contributed by atoms with Gasteiger partial charge in [0.25, 0.3) is 0 Å². The fourth-order valence-corrected chi connectivity index (χ4v) is 2.87. The van der Waals surface area contributed by atoms with Crippen LogP contribution in [-0.4, -0.2) is 5.78 Å². The van der Waals surface area contributed by atoms with Crippen molar-refractivity contribution >= 4 is 69.5 Å². The van der Waals surface area contributed by atoms with E-state index in [4.69, 9.17) is 0 Å². The van der Waals surface area contributed by atoms with Gasteiger partial charge in [0.2, 0.25) is 5.78 Å². The van der Waals surface area contributed by atoms with Crippen LogP contribution in [0.5, 0.6) is 0 Å². The van der Waals surface area contributed by atoms with Crippen molar-refractivity contribution in [3.8, 4) is 0 Å². The van der Waals surface area contributed by atoms with Crippen LogP contribution in [0.2, 0.25) is 0 Å². The van der Waals surface area contributed by atoms with E-state index in [1.165, 1.54) is 0 Å². The number of ketones is 1. The van der Waals surface area contributed by atoms with Gasteiger partial charge in [0, 0.05) is 15.4 Å². The summed E-state index contributed by atoms with van der Waals surface area (Å²) in [6, 6.07) is 0. The van der Waals surface area contributed by atoms with Crippen molar-refractivity contribution in [3.63, 3.8) is 0 Å². The Hall–Kier alpha value is 1.07. The minimum absolute atomic E-state index is 0.0324. The van der Waals surface area contributed by atoms with Gasteiger partial charge in [-0.05, 0) is 31.9 Å². The molecule has 1 aliphatic carbocycles. The molecule has 1 aliphatic rings. The van der Waals surface area contributed by atoms with Gasteiger partial charge in [-0.3, -0.25) is 4.79 Å². The van der Waals surface area contributed by atoms with Gasteiger partial charge in [-0.2, -0.15) is 0 Å². The highest BCUT2D eigenvalue weighted by Gasteiger charge is 2.22. The highest BCUT2D eigenvalue weighted by molar-refractivity contribution is 9.15. The second kappa shape index (κ2) is 3.85. The van der Waals surface area contributed by atoms with E-state index in [1.54, 1.807) is 0 Å². The fourth-order valence-electron chi connectivity index (χ4n) is 0.634. The maximum atomic E-state index is 11.3. The molecule has 0 aromatic rings. The lowest BCUT2D eigenvalue weighted by Gasteiger charge is -2.11. The van der Waals surface area contributed by atoms with E-state index >= 15 is 0 Å². The molecule has 0 heterocycles. The van der Waals surface area contributed by atoms with Crippen LogP contribution in [0, 0.1) is 0 Å². The monoisotopic (exact) mass is 406 g/mol. The maximum absolute atomic E-state index is 11.3. The molecule has 0 amide bonds. The quantitative estimate of drug-likeness (QED) is 0.592. The minimum atomic E-state index is -0.0324. The number of allylic oxidation sites excluding steroid dienone is 4. The van der Waals surface area contributed by atoms with Crippen LogP contribution in [0.25, 0.3) is 0 Å².